The molecule has 1 heterocycles. The molecule has 0 spiro atoms. The highest BCUT2D eigenvalue weighted by Crippen LogP contribution is 2.27. The third kappa shape index (κ3) is 6.50. The van der Waals surface area contributed by atoms with Gasteiger partial charge in [0, 0.05) is 46.3 Å². The Morgan fingerprint density at radius 1 is 1.20 bits per heavy atom. The lowest BCUT2D eigenvalue weighted by Crippen LogP contribution is -2.50. The molecule has 1 saturated carbocycles. The minimum absolute atomic E-state index is 0.249. The van der Waals surface area contributed by atoms with Gasteiger partial charge in [-0.3, -0.25) is 4.99 Å². The van der Waals surface area contributed by atoms with Gasteiger partial charge in [0.15, 0.2) is 5.96 Å². The predicted octanol–water partition coefficient (Wildman–Crippen LogP) is 2.96. The SMILES string of the molecule is CN=C(NCc1ccc(N2CCN(C(=O)OC(C)(C)C)CC2)c(F)c1)NCC1CC1. The van der Waals surface area contributed by atoms with E-state index >= 15 is 0 Å². The van der Waals surface area contributed by atoms with E-state index in [4.69, 9.17) is 4.74 Å². The molecule has 1 saturated heterocycles. The number of nitrogens with zero attached hydrogens (tertiary/aromatic N) is 3. The van der Waals surface area contributed by atoms with Gasteiger partial charge in [0.25, 0.3) is 0 Å². The largest absolute Gasteiger partial charge is 0.444 e. The van der Waals surface area contributed by atoms with Gasteiger partial charge in [-0.15, -0.1) is 0 Å². The highest BCUT2D eigenvalue weighted by atomic mass is 19.1. The quantitative estimate of drug-likeness (QED) is 0.567. The van der Waals surface area contributed by atoms with Gasteiger partial charge in [-0.25, -0.2) is 9.18 Å². The molecule has 0 radical (unpaired) electrons. The highest BCUT2D eigenvalue weighted by molar-refractivity contribution is 5.79. The van der Waals surface area contributed by atoms with E-state index in [1.807, 2.05) is 37.8 Å². The van der Waals surface area contributed by atoms with E-state index in [-0.39, 0.29) is 11.9 Å². The van der Waals surface area contributed by atoms with Gasteiger partial charge in [-0.2, -0.15) is 0 Å². The topological polar surface area (TPSA) is 69.2 Å². The van der Waals surface area contributed by atoms with Gasteiger partial charge in [0.05, 0.1) is 5.69 Å². The minimum atomic E-state index is -0.514. The molecule has 1 aromatic rings. The Bertz CT molecular complexity index is 765. The van der Waals surface area contributed by atoms with Gasteiger partial charge in [0.1, 0.15) is 11.4 Å². The van der Waals surface area contributed by atoms with Crippen molar-refractivity contribution in [3.63, 3.8) is 0 Å². The Labute approximate surface area is 178 Å². The zero-order valence-electron chi connectivity index (χ0n) is 18.5. The van der Waals surface area contributed by atoms with Crippen LogP contribution in [0.4, 0.5) is 14.9 Å². The van der Waals surface area contributed by atoms with Gasteiger partial charge < -0.3 is 25.2 Å². The summed E-state index contributed by atoms with van der Waals surface area (Å²) in [5, 5.41) is 6.53. The Morgan fingerprint density at radius 3 is 2.47 bits per heavy atom. The summed E-state index contributed by atoms with van der Waals surface area (Å²) < 4.78 is 20.2. The number of amides is 1. The normalized spacial score (nSPS) is 17.7. The lowest BCUT2D eigenvalue weighted by Gasteiger charge is -2.36. The summed E-state index contributed by atoms with van der Waals surface area (Å²) in [5.41, 5.74) is 0.914. The number of rotatable bonds is 5. The Morgan fingerprint density at radius 2 is 1.90 bits per heavy atom. The lowest BCUT2D eigenvalue weighted by molar-refractivity contribution is 0.0240. The maximum Gasteiger partial charge on any atom is 0.410 e. The fourth-order valence-electron chi connectivity index (χ4n) is 3.34. The molecule has 8 heteroatoms. The molecule has 30 heavy (non-hydrogen) atoms. The molecule has 1 aromatic carbocycles. The van der Waals surface area contributed by atoms with Crippen molar-refractivity contribution < 1.29 is 13.9 Å². The number of aliphatic imine (C=N–C) groups is 1. The molecular weight excluding hydrogens is 385 g/mol. The summed E-state index contributed by atoms with van der Waals surface area (Å²) in [5.74, 6) is 1.25. The second kappa shape index (κ2) is 9.53. The molecule has 2 fully saturated rings. The first-order chi connectivity index (χ1) is 14.2. The molecule has 0 aromatic heterocycles. The number of carbonyl (C=O) groups is 1. The van der Waals surface area contributed by atoms with Crippen molar-refractivity contribution in [2.75, 3.05) is 44.7 Å². The second-order valence-electron chi connectivity index (χ2n) is 8.99. The van der Waals surface area contributed by atoms with E-state index in [1.54, 1.807) is 18.0 Å². The van der Waals surface area contributed by atoms with Crippen LogP contribution in [0.25, 0.3) is 0 Å². The van der Waals surface area contributed by atoms with Crippen molar-refractivity contribution in [3.05, 3.63) is 29.6 Å². The molecule has 0 bridgehead atoms. The van der Waals surface area contributed by atoms with Crippen molar-refractivity contribution in [1.82, 2.24) is 15.5 Å². The summed E-state index contributed by atoms with van der Waals surface area (Å²) in [4.78, 5) is 20.1. The number of benzene rings is 1. The fraction of sp³-hybridized carbons (Fsp3) is 0.636. The third-order valence-corrected chi connectivity index (χ3v) is 5.22. The summed E-state index contributed by atoms with van der Waals surface area (Å²) in [6.07, 6.45) is 2.25. The summed E-state index contributed by atoms with van der Waals surface area (Å²) >= 11 is 0. The number of halogens is 1. The zero-order valence-corrected chi connectivity index (χ0v) is 18.5. The Hall–Kier alpha value is -2.51. The van der Waals surface area contributed by atoms with E-state index in [1.165, 1.54) is 12.8 Å². The van der Waals surface area contributed by atoms with Crippen LogP contribution in [0.15, 0.2) is 23.2 Å². The Balaban J connectivity index is 1.50. The number of nitrogens with one attached hydrogen (secondary N) is 2. The average Bonchev–Trinajstić information content (AvgIpc) is 3.51. The van der Waals surface area contributed by atoms with E-state index < -0.39 is 5.60 Å². The van der Waals surface area contributed by atoms with Crippen LogP contribution >= 0.6 is 0 Å². The molecule has 2 aliphatic rings. The van der Waals surface area contributed by atoms with E-state index in [9.17, 15) is 9.18 Å². The van der Waals surface area contributed by atoms with Crippen LogP contribution in [0.2, 0.25) is 0 Å². The van der Waals surface area contributed by atoms with Gasteiger partial charge in [-0.1, -0.05) is 6.07 Å². The highest BCUT2D eigenvalue weighted by Gasteiger charge is 2.27. The monoisotopic (exact) mass is 419 g/mol. The summed E-state index contributed by atoms with van der Waals surface area (Å²) in [6.45, 7) is 9.18. The van der Waals surface area contributed by atoms with Crippen molar-refractivity contribution in [2.24, 2.45) is 10.9 Å². The van der Waals surface area contributed by atoms with Crippen LogP contribution in [-0.4, -0.2) is 62.3 Å². The fourth-order valence-corrected chi connectivity index (χ4v) is 3.34. The molecular formula is C22H34FN5O2. The predicted molar refractivity (Wildman–Crippen MR) is 117 cm³/mol. The van der Waals surface area contributed by atoms with Crippen molar-refractivity contribution in [3.8, 4) is 0 Å². The molecule has 2 N–H and O–H groups in total. The van der Waals surface area contributed by atoms with Crippen LogP contribution < -0.4 is 15.5 Å². The van der Waals surface area contributed by atoms with Crippen LogP contribution in [0.5, 0.6) is 0 Å². The van der Waals surface area contributed by atoms with E-state index in [0.29, 0.717) is 38.4 Å². The first-order valence-corrected chi connectivity index (χ1v) is 10.7. The maximum absolute atomic E-state index is 14.8. The maximum atomic E-state index is 14.8. The first kappa shape index (κ1) is 22.2. The standard InChI is InChI=1S/C22H34FN5O2/c1-22(2,3)30-21(29)28-11-9-27(10-12-28)19-8-7-17(13-18(19)23)15-26-20(24-4)25-14-16-5-6-16/h7-8,13,16H,5-6,9-12,14-15H2,1-4H3,(H2,24,25,26). The van der Waals surface area contributed by atoms with E-state index in [2.05, 4.69) is 15.6 Å². The van der Waals surface area contributed by atoms with Crippen LogP contribution in [0.3, 0.4) is 0 Å². The number of hydrogen-bond donors (Lipinski definition) is 2. The molecule has 1 aliphatic heterocycles. The number of piperazine rings is 1. The molecule has 3 rings (SSSR count). The smallest absolute Gasteiger partial charge is 0.410 e. The van der Waals surface area contributed by atoms with Gasteiger partial charge in [-0.05, 0) is 57.2 Å². The molecule has 166 valence electrons. The van der Waals surface area contributed by atoms with E-state index in [0.717, 1.165) is 24.0 Å². The number of ether oxygens (including phenoxy) is 1. The van der Waals surface area contributed by atoms with Crippen LogP contribution in [-0.2, 0) is 11.3 Å². The van der Waals surface area contributed by atoms with Crippen molar-refractivity contribution >= 4 is 17.7 Å². The minimum Gasteiger partial charge on any atom is -0.444 e. The third-order valence-electron chi connectivity index (χ3n) is 5.22. The molecule has 0 atom stereocenters. The lowest BCUT2D eigenvalue weighted by atomic mass is 10.1. The van der Waals surface area contributed by atoms with Gasteiger partial charge >= 0.3 is 6.09 Å². The average molecular weight is 420 g/mol. The molecule has 1 amide bonds. The first-order valence-electron chi connectivity index (χ1n) is 10.7. The van der Waals surface area contributed by atoms with Crippen LogP contribution in [0, 0.1) is 11.7 Å². The van der Waals surface area contributed by atoms with Crippen molar-refractivity contribution in [2.45, 2.75) is 45.8 Å². The molecule has 0 unspecified atom stereocenters. The number of carbonyl (C=O) groups excluding carboxylic acids is 1. The second-order valence-corrected chi connectivity index (χ2v) is 8.99. The number of anilines is 1. The Kier molecular flexibility index (Phi) is 7.05. The summed E-state index contributed by atoms with van der Waals surface area (Å²) in [6, 6.07) is 5.31. The number of hydrogen-bond acceptors (Lipinski definition) is 4. The number of guanidine groups is 1. The van der Waals surface area contributed by atoms with Crippen LogP contribution in [0.1, 0.15) is 39.2 Å². The van der Waals surface area contributed by atoms with Crippen molar-refractivity contribution in [1.29, 1.82) is 0 Å². The van der Waals surface area contributed by atoms with Gasteiger partial charge in [0.2, 0.25) is 0 Å². The zero-order chi connectivity index (χ0) is 21.7. The molecule has 7 nitrogen and oxygen atoms in total. The molecule has 1 aliphatic carbocycles. The summed E-state index contributed by atoms with van der Waals surface area (Å²) in [7, 11) is 1.74.